The number of hydrogen-bond acceptors (Lipinski definition) is 4. The molecule has 1 N–H and O–H groups in total. The minimum Gasteiger partial charge on any atom is -0.491 e. The molecule has 0 aliphatic heterocycles. The predicted molar refractivity (Wildman–Crippen MR) is 127 cm³/mol. The normalized spacial score (nSPS) is 11.3. The zero-order chi connectivity index (χ0) is 23.3. The number of hydrogen-bond donors (Lipinski definition) is 1. The number of ether oxygens (including phenoxy) is 1. The van der Waals surface area contributed by atoms with Crippen molar-refractivity contribution in [1.82, 2.24) is 5.32 Å². The summed E-state index contributed by atoms with van der Waals surface area (Å²) in [6, 6.07) is 19.9. The first-order valence-corrected chi connectivity index (χ1v) is 11.9. The second kappa shape index (κ2) is 10.1. The number of nitrogens with one attached hydrogen (secondary N) is 1. The first-order chi connectivity index (χ1) is 15.2. The van der Waals surface area contributed by atoms with Crippen molar-refractivity contribution in [3.8, 4) is 5.75 Å². The van der Waals surface area contributed by atoms with Crippen molar-refractivity contribution in [3.05, 3.63) is 88.9 Å². The van der Waals surface area contributed by atoms with E-state index in [1.807, 2.05) is 38.1 Å². The molecule has 0 spiro atoms. The second-order valence-electron chi connectivity index (χ2n) is 7.47. The quantitative estimate of drug-likeness (QED) is 0.506. The van der Waals surface area contributed by atoms with Crippen LogP contribution >= 0.6 is 11.6 Å². The summed E-state index contributed by atoms with van der Waals surface area (Å²) in [5.74, 6) is 0.533. The Labute approximate surface area is 193 Å². The third-order valence-corrected chi connectivity index (χ3v) is 6.77. The summed E-state index contributed by atoms with van der Waals surface area (Å²) in [6.07, 6.45) is 0.101. The fourth-order valence-electron chi connectivity index (χ4n) is 2.97. The van der Waals surface area contributed by atoms with Gasteiger partial charge in [0.15, 0.2) is 0 Å². The van der Waals surface area contributed by atoms with Crippen LogP contribution in [0.3, 0.4) is 0 Å². The van der Waals surface area contributed by atoms with Crippen LogP contribution in [0.25, 0.3) is 0 Å². The first kappa shape index (κ1) is 23.6. The highest BCUT2D eigenvalue weighted by Crippen LogP contribution is 2.23. The lowest BCUT2D eigenvalue weighted by molar-refractivity contribution is 0.0951. The highest BCUT2D eigenvalue weighted by molar-refractivity contribution is 7.92. The van der Waals surface area contributed by atoms with Crippen molar-refractivity contribution >= 4 is 33.2 Å². The molecular weight excluding hydrogens is 448 g/mol. The second-order valence-corrected chi connectivity index (χ2v) is 9.87. The van der Waals surface area contributed by atoms with Gasteiger partial charge in [0.2, 0.25) is 0 Å². The average Bonchev–Trinajstić information content (AvgIpc) is 2.78. The van der Waals surface area contributed by atoms with E-state index in [1.54, 1.807) is 24.3 Å². The maximum atomic E-state index is 12.8. The van der Waals surface area contributed by atoms with Crippen molar-refractivity contribution in [2.24, 2.45) is 0 Å². The molecule has 32 heavy (non-hydrogen) atoms. The largest absolute Gasteiger partial charge is 0.491 e. The summed E-state index contributed by atoms with van der Waals surface area (Å²) < 4.78 is 32.4. The monoisotopic (exact) mass is 472 g/mol. The third-order valence-electron chi connectivity index (χ3n) is 4.71. The molecule has 8 heteroatoms. The third kappa shape index (κ3) is 5.81. The summed E-state index contributed by atoms with van der Waals surface area (Å²) >= 11 is 5.84. The minimum absolute atomic E-state index is 0.101. The van der Waals surface area contributed by atoms with E-state index in [0.29, 0.717) is 22.8 Å². The van der Waals surface area contributed by atoms with Crippen molar-refractivity contribution in [3.63, 3.8) is 0 Å². The summed E-state index contributed by atoms with van der Waals surface area (Å²) in [6.45, 7) is 4.29. The Morgan fingerprint density at radius 1 is 0.969 bits per heavy atom. The van der Waals surface area contributed by atoms with E-state index in [1.165, 1.54) is 35.6 Å². The Morgan fingerprint density at radius 2 is 1.56 bits per heavy atom. The lowest BCUT2D eigenvalue weighted by Crippen LogP contribution is -2.27. The number of carbonyl (C=O) groups excluding carboxylic acids is 1. The lowest BCUT2D eigenvalue weighted by Gasteiger charge is -2.20. The van der Waals surface area contributed by atoms with Crippen LogP contribution in [0.15, 0.2) is 77.7 Å². The number of carbonyl (C=O) groups is 1. The van der Waals surface area contributed by atoms with Crippen molar-refractivity contribution in [2.75, 3.05) is 11.4 Å². The van der Waals surface area contributed by atoms with Crippen LogP contribution in [0.4, 0.5) is 5.69 Å². The number of amides is 1. The van der Waals surface area contributed by atoms with Crippen LogP contribution in [0, 0.1) is 0 Å². The van der Waals surface area contributed by atoms with Crippen molar-refractivity contribution in [2.45, 2.75) is 31.4 Å². The molecule has 3 rings (SSSR count). The summed E-state index contributed by atoms with van der Waals surface area (Å²) in [4.78, 5) is 12.6. The molecule has 0 heterocycles. The molecule has 0 aliphatic rings. The van der Waals surface area contributed by atoms with Gasteiger partial charge < -0.3 is 10.1 Å². The fourth-order valence-corrected chi connectivity index (χ4v) is 4.29. The molecule has 0 fully saturated rings. The van der Waals surface area contributed by atoms with Crippen LogP contribution < -0.4 is 14.4 Å². The smallest absolute Gasteiger partial charge is 0.264 e. The Kier molecular flexibility index (Phi) is 7.43. The van der Waals surface area contributed by atoms with Gasteiger partial charge in [-0.3, -0.25) is 9.10 Å². The summed E-state index contributed by atoms with van der Waals surface area (Å²) in [5.41, 5.74) is 1.82. The van der Waals surface area contributed by atoms with Gasteiger partial charge >= 0.3 is 0 Å². The van der Waals surface area contributed by atoms with Gasteiger partial charge in [0.25, 0.3) is 15.9 Å². The molecule has 0 radical (unpaired) electrons. The fraction of sp³-hybridized carbons (Fsp3) is 0.208. The van der Waals surface area contributed by atoms with E-state index in [9.17, 15) is 13.2 Å². The molecule has 0 atom stereocenters. The van der Waals surface area contributed by atoms with Gasteiger partial charge in [-0.2, -0.15) is 0 Å². The van der Waals surface area contributed by atoms with E-state index in [2.05, 4.69) is 5.32 Å². The number of nitrogens with zero attached hydrogens (tertiary/aromatic N) is 1. The Morgan fingerprint density at radius 3 is 2.12 bits per heavy atom. The zero-order valence-electron chi connectivity index (χ0n) is 18.1. The number of sulfonamides is 1. The van der Waals surface area contributed by atoms with Gasteiger partial charge in [0, 0.05) is 24.2 Å². The van der Waals surface area contributed by atoms with Crippen molar-refractivity contribution < 1.29 is 17.9 Å². The predicted octanol–water partition coefficient (Wildman–Crippen LogP) is 4.88. The van der Waals surface area contributed by atoms with E-state index in [4.69, 9.17) is 16.3 Å². The number of rotatable bonds is 8. The number of halogens is 1. The van der Waals surface area contributed by atoms with Gasteiger partial charge in [0.1, 0.15) is 5.75 Å². The standard InChI is InChI=1S/C24H25ClN2O4S/c1-17(2)31-22-12-4-18(5-13-22)16-26-24(28)19-6-10-21(11-7-19)27(3)32(29,30)23-14-8-20(25)9-15-23/h4-15,17H,16H2,1-3H3,(H,26,28). The Bertz CT molecular complexity index is 1160. The topological polar surface area (TPSA) is 75.7 Å². The zero-order valence-corrected chi connectivity index (χ0v) is 19.7. The SMILES string of the molecule is CC(C)Oc1ccc(CNC(=O)c2ccc(N(C)S(=O)(=O)c3ccc(Cl)cc3)cc2)cc1. The van der Waals surface area contributed by atoms with Crippen LogP contribution in [-0.2, 0) is 16.6 Å². The number of benzene rings is 3. The molecule has 1 amide bonds. The average molecular weight is 473 g/mol. The molecule has 168 valence electrons. The van der Waals surface area contributed by atoms with E-state index >= 15 is 0 Å². The van der Waals surface area contributed by atoms with E-state index < -0.39 is 10.0 Å². The Hall–Kier alpha value is -3.03. The Balaban J connectivity index is 1.63. The molecule has 0 aromatic heterocycles. The van der Waals surface area contributed by atoms with Crippen molar-refractivity contribution in [1.29, 1.82) is 0 Å². The summed E-state index contributed by atoms with van der Waals surface area (Å²) in [7, 11) is -2.27. The molecule has 0 saturated carbocycles. The van der Waals surface area contributed by atoms with Gasteiger partial charge in [-0.1, -0.05) is 23.7 Å². The molecule has 3 aromatic rings. The number of anilines is 1. The summed E-state index contributed by atoms with van der Waals surface area (Å²) in [5, 5.41) is 3.32. The van der Waals surface area contributed by atoms with E-state index in [0.717, 1.165) is 11.3 Å². The lowest BCUT2D eigenvalue weighted by atomic mass is 10.1. The minimum atomic E-state index is -3.74. The maximum absolute atomic E-state index is 12.8. The molecule has 0 unspecified atom stereocenters. The maximum Gasteiger partial charge on any atom is 0.264 e. The van der Waals surface area contributed by atoms with Crippen LogP contribution in [-0.4, -0.2) is 27.5 Å². The molecule has 6 nitrogen and oxygen atoms in total. The first-order valence-electron chi connectivity index (χ1n) is 10.0. The van der Waals surface area contributed by atoms with Gasteiger partial charge in [0.05, 0.1) is 16.7 Å². The van der Waals surface area contributed by atoms with E-state index in [-0.39, 0.29) is 16.9 Å². The van der Waals surface area contributed by atoms with Gasteiger partial charge in [-0.15, -0.1) is 0 Å². The molecule has 3 aromatic carbocycles. The van der Waals surface area contributed by atoms with Crippen LogP contribution in [0.1, 0.15) is 29.8 Å². The van der Waals surface area contributed by atoms with Gasteiger partial charge in [-0.05, 0) is 80.1 Å². The molecule has 0 saturated heterocycles. The molecule has 0 aliphatic carbocycles. The highest BCUT2D eigenvalue weighted by atomic mass is 35.5. The molecule has 0 bridgehead atoms. The highest BCUT2D eigenvalue weighted by Gasteiger charge is 2.21. The van der Waals surface area contributed by atoms with Crippen LogP contribution in [0.2, 0.25) is 5.02 Å². The van der Waals surface area contributed by atoms with Crippen LogP contribution in [0.5, 0.6) is 5.75 Å². The van der Waals surface area contributed by atoms with Gasteiger partial charge in [-0.25, -0.2) is 8.42 Å². The molecular formula is C24H25ClN2O4S.